The number of carbonyl (C=O) groups is 2. The van der Waals surface area contributed by atoms with E-state index in [1.807, 2.05) is 0 Å². The van der Waals surface area contributed by atoms with Crippen molar-refractivity contribution < 1.29 is 19.1 Å². The van der Waals surface area contributed by atoms with Gasteiger partial charge in [0.05, 0.1) is 40.5 Å². The zero-order valence-electron chi connectivity index (χ0n) is 16.5. The maximum absolute atomic E-state index is 12.8. The maximum atomic E-state index is 12.8. The average Bonchev–Trinajstić information content (AvgIpc) is 2.74. The number of benzene rings is 3. The number of nitrogens with one attached hydrogen (secondary N) is 2. The van der Waals surface area contributed by atoms with Crippen LogP contribution >= 0.6 is 43.5 Å². The van der Waals surface area contributed by atoms with Gasteiger partial charge in [-0.25, -0.2) is 0 Å². The van der Waals surface area contributed by atoms with Crippen LogP contribution < -0.4 is 20.1 Å². The van der Waals surface area contributed by atoms with Crippen molar-refractivity contribution in [1.29, 1.82) is 0 Å². The predicted octanol–water partition coefficient (Wildman–Crippen LogP) is 6.39. The summed E-state index contributed by atoms with van der Waals surface area (Å²) in [7, 11) is 2.96. The van der Waals surface area contributed by atoms with Gasteiger partial charge in [0.15, 0.2) is 0 Å². The van der Waals surface area contributed by atoms with Gasteiger partial charge >= 0.3 is 0 Å². The van der Waals surface area contributed by atoms with E-state index in [9.17, 15) is 9.59 Å². The Morgan fingerprint density at radius 2 is 1.58 bits per heavy atom. The van der Waals surface area contributed by atoms with Crippen LogP contribution in [0.3, 0.4) is 0 Å². The van der Waals surface area contributed by atoms with E-state index in [4.69, 9.17) is 21.1 Å². The molecule has 3 aromatic rings. The molecule has 31 heavy (non-hydrogen) atoms. The second-order valence-electron chi connectivity index (χ2n) is 6.27. The van der Waals surface area contributed by atoms with Crippen molar-refractivity contribution in [1.82, 2.24) is 0 Å². The highest BCUT2D eigenvalue weighted by molar-refractivity contribution is 9.11. The summed E-state index contributed by atoms with van der Waals surface area (Å²) in [4.78, 5) is 25.4. The zero-order chi connectivity index (χ0) is 22.5. The lowest BCUT2D eigenvalue weighted by Crippen LogP contribution is -2.15. The summed E-state index contributed by atoms with van der Waals surface area (Å²) in [6.45, 7) is 0. The highest BCUT2D eigenvalue weighted by Crippen LogP contribution is 2.34. The van der Waals surface area contributed by atoms with Gasteiger partial charge in [-0.05, 0) is 52.3 Å². The minimum absolute atomic E-state index is 0.343. The Morgan fingerprint density at radius 1 is 0.871 bits per heavy atom. The van der Waals surface area contributed by atoms with E-state index < -0.39 is 0 Å². The Bertz CT molecular complexity index is 1150. The van der Waals surface area contributed by atoms with Gasteiger partial charge in [0.1, 0.15) is 11.5 Å². The third kappa shape index (κ3) is 5.39. The summed E-state index contributed by atoms with van der Waals surface area (Å²) < 4.78 is 12.1. The van der Waals surface area contributed by atoms with Crippen LogP contribution in [0.2, 0.25) is 5.02 Å². The van der Waals surface area contributed by atoms with Gasteiger partial charge in [-0.1, -0.05) is 39.7 Å². The fraction of sp³-hybridized carbons (Fsp3) is 0.0909. The Hall–Kier alpha value is -2.55. The highest BCUT2D eigenvalue weighted by Gasteiger charge is 2.18. The van der Waals surface area contributed by atoms with Gasteiger partial charge in [0.25, 0.3) is 11.8 Å². The monoisotopic (exact) mass is 566 g/mol. The molecule has 0 fully saturated rings. The summed E-state index contributed by atoms with van der Waals surface area (Å²) in [6.07, 6.45) is 0. The van der Waals surface area contributed by atoms with E-state index in [0.29, 0.717) is 43.5 Å². The summed E-state index contributed by atoms with van der Waals surface area (Å²) in [6, 6.07) is 15.1. The first-order valence-electron chi connectivity index (χ1n) is 8.92. The van der Waals surface area contributed by atoms with E-state index in [1.54, 1.807) is 54.6 Å². The fourth-order valence-electron chi connectivity index (χ4n) is 2.84. The van der Waals surface area contributed by atoms with Crippen molar-refractivity contribution in [3.63, 3.8) is 0 Å². The van der Waals surface area contributed by atoms with Crippen LogP contribution in [0.4, 0.5) is 11.4 Å². The molecular weight excluding hydrogens is 552 g/mol. The number of hydrogen-bond donors (Lipinski definition) is 2. The molecule has 2 N–H and O–H groups in total. The maximum Gasteiger partial charge on any atom is 0.259 e. The number of amides is 2. The van der Waals surface area contributed by atoms with Crippen LogP contribution in [-0.4, -0.2) is 26.0 Å². The lowest BCUT2D eigenvalue weighted by atomic mass is 10.1. The van der Waals surface area contributed by atoms with Gasteiger partial charge < -0.3 is 20.1 Å². The summed E-state index contributed by atoms with van der Waals surface area (Å²) in [5, 5.41) is 5.92. The highest BCUT2D eigenvalue weighted by atomic mass is 79.9. The van der Waals surface area contributed by atoms with Crippen molar-refractivity contribution in [2.45, 2.75) is 0 Å². The summed E-state index contributed by atoms with van der Waals surface area (Å²) in [5.41, 5.74) is 1.61. The molecule has 0 radical (unpaired) electrons. The van der Waals surface area contributed by atoms with Crippen molar-refractivity contribution in [2.24, 2.45) is 0 Å². The fourth-order valence-corrected chi connectivity index (χ4v) is 4.45. The molecule has 0 saturated heterocycles. The summed E-state index contributed by atoms with van der Waals surface area (Å²) in [5.74, 6) is 0.0510. The third-order valence-corrected chi connectivity index (χ3v) is 5.66. The Morgan fingerprint density at radius 3 is 2.26 bits per heavy atom. The minimum Gasteiger partial charge on any atom is -0.495 e. The van der Waals surface area contributed by atoms with Crippen molar-refractivity contribution in [3.8, 4) is 11.5 Å². The van der Waals surface area contributed by atoms with E-state index >= 15 is 0 Å². The number of carbonyl (C=O) groups excluding carboxylic acids is 2. The molecule has 6 nitrogen and oxygen atoms in total. The lowest BCUT2D eigenvalue weighted by Gasteiger charge is -2.14. The molecule has 0 aliphatic heterocycles. The van der Waals surface area contributed by atoms with Crippen molar-refractivity contribution >= 4 is 66.6 Å². The van der Waals surface area contributed by atoms with E-state index in [2.05, 4.69) is 42.5 Å². The number of halogens is 3. The molecule has 160 valence electrons. The number of hydrogen-bond acceptors (Lipinski definition) is 4. The third-order valence-electron chi connectivity index (χ3n) is 4.28. The molecule has 0 bridgehead atoms. The molecule has 0 spiro atoms. The smallest absolute Gasteiger partial charge is 0.259 e. The standard InChI is InChI=1S/C22H17Br2ClN2O4/c1-30-19-11-13(26-22(29)15-9-12(23)10-16(24)20(15)31-2)7-8-18(19)27-21(28)14-5-3-4-6-17(14)25/h3-11H,1-2H3,(H,26,29)(H,27,28). The van der Waals surface area contributed by atoms with E-state index in [1.165, 1.54) is 14.2 Å². The number of methoxy groups -OCH3 is 2. The first kappa shape index (κ1) is 23.1. The van der Waals surface area contributed by atoms with Crippen molar-refractivity contribution in [2.75, 3.05) is 24.9 Å². The first-order chi connectivity index (χ1) is 14.8. The normalized spacial score (nSPS) is 10.4. The molecule has 3 aromatic carbocycles. The molecule has 3 rings (SSSR count). The van der Waals surface area contributed by atoms with Gasteiger partial charge in [0, 0.05) is 16.2 Å². The molecule has 2 amide bonds. The molecule has 0 aromatic heterocycles. The largest absolute Gasteiger partial charge is 0.495 e. The quantitative estimate of drug-likeness (QED) is 0.362. The molecular formula is C22H17Br2ClN2O4. The van der Waals surface area contributed by atoms with Gasteiger partial charge in [-0.15, -0.1) is 0 Å². The number of anilines is 2. The van der Waals surface area contributed by atoms with Crippen LogP contribution in [0.5, 0.6) is 11.5 Å². The average molecular weight is 569 g/mol. The van der Waals surface area contributed by atoms with Gasteiger partial charge in [-0.2, -0.15) is 0 Å². The second kappa shape index (κ2) is 10.2. The van der Waals surface area contributed by atoms with Gasteiger partial charge in [0.2, 0.25) is 0 Å². The topological polar surface area (TPSA) is 76.7 Å². The van der Waals surface area contributed by atoms with Crippen LogP contribution in [0.25, 0.3) is 0 Å². The Kier molecular flexibility index (Phi) is 7.59. The van der Waals surface area contributed by atoms with Crippen LogP contribution in [0.15, 0.2) is 63.5 Å². The summed E-state index contributed by atoms with van der Waals surface area (Å²) >= 11 is 12.9. The Labute approximate surface area is 201 Å². The molecule has 0 aliphatic carbocycles. The molecule has 0 saturated carbocycles. The molecule has 0 unspecified atom stereocenters. The van der Waals surface area contributed by atoms with Crippen LogP contribution in [0, 0.1) is 0 Å². The number of rotatable bonds is 6. The lowest BCUT2D eigenvalue weighted by molar-refractivity contribution is 0.101. The van der Waals surface area contributed by atoms with Crippen LogP contribution in [0.1, 0.15) is 20.7 Å². The van der Waals surface area contributed by atoms with E-state index in [0.717, 1.165) is 4.47 Å². The minimum atomic E-state index is -0.371. The Balaban J connectivity index is 1.83. The first-order valence-corrected chi connectivity index (χ1v) is 10.9. The predicted molar refractivity (Wildman–Crippen MR) is 129 cm³/mol. The van der Waals surface area contributed by atoms with E-state index in [-0.39, 0.29) is 11.8 Å². The molecule has 0 atom stereocenters. The SMILES string of the molecule is COc1cc(NC(=O)c2cc(Br)cc(Br)c2OC)ccc1NC(=O)c1ccccc1Cl. The van der Waals surface area contributed by atoms with Crippen LogP contribution in [-0.2, 0) is 0 Å². The van der Waals surface area contributed by atoms with Crippen molar-refractivity contribution in [3.05, 3.63) is 79.7 Å². The number of ether oxygens (including phenoxy) is 2. The van der Waals surface area contributed by atoms with Gasteiger partial charge in [-0.3, -0.25) is 9.59 Å². The zero-order valence-corrected chi connectivity index (χ0v) is 20.4. The second-order valence-corrected chi connectivity index (χ2v) is 8.45. The molecule has 9 heteroatoms. The molecule has 0 aliphatic rings. The molecule has 0 heterocycles.